The van der Waals surface area contributed by atoms with Crippen LogP contribution in [0.25, 0.3) is 0 Å². The number of aromatic nitrogens is 1. The van der Waals surface area contributed by atoms with Gasteiger partial charge in [0.15, 0.2) is 5.89 Å². The lowest BCUT2D eigenvalue weighted by Gasteiger charge is -2.28. The zero-order chi connectivity index (χ0) is 17.0. The number of carbonyl (C=O) groups is 1. The number of nitrogens with zero attached hydrogens (tertiary/aromatic N) is 2. The Bertz CT molecular complexity index is 667. The van der Waals surface area contributed by atoms with Crippen LogP contribution in [0, 0.1) is 19.7 Å². The van der Waals surface area contributed by atoms with Crippen molar-refractivity contribution in [3.63, 3.8) is 0 Å². The standard InChI is InChI=1S/C17H21FN2O3/c1-11(10-22-4)20(9-14-5-7-15(18)8-6-14)17(21)16-12(2)19-13(3)23-16/h5-8,11H,9-10H2,1-4H3/t11-/m1/s1. The number of carbonyl (C=O) groups excluding carboxylic acids is 1. The molecule has 0 aliphatic carbocycles. The number of benzene rings is 1. The molecule has 0 aliphatic rings. The SMILES string of the molecule is COC[C@@H](C)N(Cc1ccc(F)cc1)C(=O)c1oc(C)nc1C. The van der Waals surface area contributed by atoms with Crippen LogP contribution in [-0.2, 0) is 11.3 Å². The third kappa shape index (κ3) is 4.16. The molecule has 0 saturated carbocycles. The minimum Gasteiger partial charge on any atom is -0.436 e. The number of halogens is 1. The zero-order valence-corrected chi connectivity index (χ0v) is 13.8. The minimum atomic E-state index is -0.307. The molecule has 0 spiro atoms. The fraction of sp³-hybridized carbons (Fsp3) is 0.412. The van der Waals surface area contributed by atoms with E-state index < -0.39 is 0 Å². The summed E-state index contributed by atoms with van der Waals surface area (Å²) in [5.41, 5.74) is 1.39. The lowest BCUT2D eigenvalue weighted by Crippen LogP contribution is -2.40. The van der Waals surface area contributed by atoms with Crippen LogP contribution in [0.15, 0.2) is 28.7 Å². The van der Waals surface area contributed by atoms with Crippen LogP contribution in [0.5, 0.6) is 0 Å². The summed E-state index contributed by atoms with van der Waals surface area (Å²) in [5.74, 6) is 0.120. The van der Waals surface area contributed by atoms with E-state index in [9.17, 15) is 9.18 Å². The first-order valence-corrected chi connectivity index (χ1v) is 7.40. The number of amides is 1. The monoisotopic (exact) mass is 320 g/mol. The molecule has 1 atom stereocenters. The average Bonchev–Trinajstić information content (AvgIpc) is 2.85. The molecule has 0 radical (unpaired) electrons. The molecule has 0 unspecified atom stereocenters. The molecule has 0 bridgehead atoms. The minimum absolute atomic E-state index is 0.164. The van der Waals surface area contributed by atoms with Gasteiger partial charge in [-0.25, -0.2) is 9.37 Å². The van der Waals surface area contributed by atoms with E-state index in [1.807, 2.05) is 6.92 Å². The van der Waals surface area contributed by atoms with Crippen LogP contribution in [0.4, 0.5) is 4.39 Å². The smallest absolute Gasteiger partial charge is 0.292 e. The second-order valence-corrected chi connectivity index (χ2v) is 5.51. The molecule has 1 amide bonds. The van der Waals surface area contributed by atoms with Gasteiger partial charge in [-0.15, -0.1) is 0 Å². The number of rotatable bonds is 6. The fourth-order valence-corrected chi connectivity index (χ4v) is 2.41. The maximum absolute atomic E-state index is 13.1. The van der Waals surface area contributed by atoms with E-state index in [1.54, 1.807) is 38.0 Å². The van der Waals surface area contributed by atoms with E-state index in [4.69, 9.17) is 9.15 Å². The van der Waals surface area contributed by atoms with E-state index in [-0.39, 0.29) is 23.5 Å². The quantitative estimate of drug-likeness (QED) is 0.820. The Morgan fingerprint density at radius 1 is 1.35 bits per heavy atom. The summed E-state index contributed by atoms with van der Waals surface area (Å²) in [4.78, 5) is 18.6. The first-order chi connectivity index (χ1) is 10.9. The van der Waals surface area contributed by atoms with Crippen molar-refractivity contribution in [3.05, 3.63) is 53.0 Å². The number of methoxy groups -OCH3 is 1. The molecule has 1 aromatic carbocycles. The van der Waals surface area contributed by atoms with Crippen molar-refractivity contribution in [1.82, 2.24) is 9.88 Å². The van der Waals surface area contributed by atoms with Gasteiger partial charge in [-0.3, -0.25) is 4.79 Å². The van der Waals surface area contributed by atoms with Crippen molar-refractivity contribution in [2.45, 2.75) is 33.4 Å². The molecule has 5 nitrogen and oxygen atoms in total. The van der Waals surface area contributed by atoms with E-state index in [2.05, 4.69) is 4.98 Å². The lowest BCUT2D eigenvalue weighted by atomic mass is 10.1. The Balaban J connectivity index is 2.28. The molecule has 0 fully saturated rings. The highest BCUT2D eigenvalue weighted by Gasteiger charge is 2.26. The highest BCUT2D eigenvalue weighted by atomic mass is 19.1. The van der Waals surface area contributed by atoms with Crippen LogP contribution < -0.4 is 0 Å². The van der Waals surface area contributed by atoms with Crippen molar-refractivity contribution in [1.29, 1.82) is 0 Å². The first kappa shape index (κ1) is 17.1. The summed E-state index contributed by atoms with van der Waals surface area (Å²) in [7, 11) is 1.58. The Labute approximate surface area is 135 Å². The van der Waals surface area contributed by atoms with Gasteiger partial charge in [0.05, 0.1) is 18.3 Å². The Morgan fingerprint density at radius 2 is 2.00 bits per heavy atom. The van der Waals surface area contributed by atoms with Crippen LogP contribution in [0.2, 0.25) is 0 Å². The normalized spacial score (nSPS) is 12.2. The summed E-state index contributed by atoms with van der Waals surface area (Å²) >= 11 is 0. The molecular formula is C17H21FN2O3. The van der Waals surface area contributed by atoms with Crippen molar-refractivity contribution < 1.29 is 18.3 Å². The largest absolute Gasteiger partial charge is 0.436 e. The second kappa shape index (κ2) is 7.37. The number of ether oxygens (including phenoxy) is 1. The van der Waals surface area contributed by atoms with Gasteiger partial charge in [0.1, 0.15) is 5.82 Å². The van der Waals surface area contributed by atoms with Gasteiger partial charge in [-0.2, -0.15) is 0 Å². The Hall–Kier alpha value is -2.21. The van der Waals surface area contributed by atoms with Gasteiger partial charge in [0, 0.05) is 20.6 Å². The predicted octanol–water partition coefficient (Wildman–Crippen LogP) is 3.11. The number of hydrogen-bond acceptors (Lipinski definition) is 4. The third-order valence-electron chi connectivity index (χ3n) is 3.56. The zero-order valence-electron chi connectivity index (χ0n) is 13.8. The molecule has 124 valence electrons. The number of hydrogen-bond donors (Lipinski definition) is 0. The highest BCUT2D eigenvalue weighted by Crippen LogP contribution is 2.17. The summed E-state index contributed by atoms with van der Waals surface area (Å²) < 4.78 is 23.7. The van der Waals surface area contributed by atoms with E-state index in [1.165, 1.54) is 12.1 Å². The average molecular weight is 320 g/mol. The van der Waals surface area contributed by atoms with Crippen molar-refractivity contribution in [3.8, 4) is 0 Å². The molecule has 1 heterocycles. The summed E-state index contributed by atoms with van der Waals surface area (Å²) in [6.45, 7) is 6.05. The van der Waals surface area contributed by atoms with E-state index in [0.29, 0.717) is 24.7 Å². The van der Waals surface area contributed by atoms with Gasteiger partial charge in [-0.05, 0) is 31.5 Å². The lowest BCUT2D eigenvalue weighted by molar-refractivity contribution is 0.0510. The number of aryl methyl sites for hydroxylation is 2. The molecule has 23 heavy (non-hydrogen) atoms. The Kier molecular flexibility index (Phi) is 5.50. The van der Waals surface area contributed by atoms with Crippen molar-refractivity contribution in [2.75, 3.05) is 13.7 Å². The fourth-order valence-electron chi connectivity index (χ4n) is 2.41. The van der Waals surface area contributed by atoms with Crippen molar-refractivity contribution >= 4 is 5.91 Å². The second-order valence-electron chi connectivity index (χ2n) is 5.51. The topological polar surface area (TPSA) is 55.6 Å². The van der Waals surface area contributed by atoms with Gasteiger partial charge >= 0.3 is 0 Å². The van der Waals surface area contributed by atoms with Crippen LogP contribution in [-0.4, -0.2) is 35.5 Å². The van der Waals surface area contributed by atoms with Gasteiger partial charge in [0.25, 0.3) is 5.91 Å². The maximum Gasteiger partial charge on any atom is 0.292 e. The van der Waals surface area contributed by atoms with Gasteiger partial charge < -0.3 is 14.1 Å². The first-order valence-electron chi connectivity index (χ1n) is 7.40. The molecule has 2 aromatic rings. The third-order valence-corrected chi connectivity index (χ3v) is 3.56. The van der Waals surface area contributed by atoms with Gasteiger partial charge in [0.2, 0.25) is 5.76 Å². The summed E-state index contributed by atoms with van der Waals surface area (Å²) in [6, 6.07) is 5.91. The van der Waals surface area contributed by atoms with Gasteiger partial charge in [-0.1, -0.05) is 12.1 Å². The van der Waals surface area contributed by atoms with E-state index >= 15 is 0 Å². The molecule has 2 rings (SSSR count). The summed E-state index contributed by atoms with van der Waals surface area (Å²) in [5, 5.41) is 0. The predicted molar refractivity (Wildman–Crippen MR) is 83.6 cm³/mol. The molecular weight excluding hydrogens is 299 g/mol. The maximum atomic E-state index is 13.1. The van der Waals surface area contributed by atoms with E-state index in [0.717, 1.165) is 5.56 Å². The van der Waals surface area contributed by atoms with Crippen LogP contribution in [0.1, 0.15) is 34.6 Å². The molecule has 0 aliphatic heterocycles. The Morgan fingerprint density at radius 3 is 2.52 bits per heavy atom. The van der Waals surface area contributed by atoms with Crippen LogP contribution >= 0.6 is 0 Å². The molecule has 6 heteroatoms. The molecule has 0 N–H and O–H groups in total. The van der Waals surface area contributed by atoms with Crippen LogP contribution in [0.3, 0.4) is 0 Å². The van der Waals surface area contributed by atoms with Crippen molar-refractivity contribution in [2.24, 2.45) is 0 Å². The summed E-state index contributed by atoms with van der Waals surface area (Å²) in [6.07, 6.45) is 0. The molecule has 0 saturated heterocycles. The number of oxazole rings is 1. The molecule has 1 aromatic heterocycles. The highest BCUT2D eigenvalue weighted by molar-refractivity contribution is 5.92.